The highest BCUT2D eigenvalue weighted by atomic mass is 32.2. The van der Waals surface area contributed by atoms with Crippen molar-refractivity contribution in [2.24, 2.45) is 0 Å². The van der Waals surface area contributed by atoms with E-state index in [0.717, 1.165) is 11.8 Å². The van der Waals surface area contributed by atoms with E-state index in [1.165, 1.54) is 12.2 Å². The van der Waals surface area contributed by atoms with Gasteiger partial charge in [0, 0.05) is 36.2 Å². The normalized spacial score (nSPS) is 23.1. The second-order valence-corrected chi connectivity index (χ2v) is 8.27. The maximum absolute atomic E-state index is 12.2. The van der Waals surface area contributed by atoms with Crippen LogP contribution in [0.5, 0.6) is 0 Å². The lowest BCUT2D eigenvalue weighted by Gasteiger charge is -2.30. The molecule has 1 N–H and O–H groups in total. The van der Waals surface area contributed by atoms with Crippen LogP contribution in [0.15, 0.2) is 0 Å². The average molecular weight is 302 g/mol. The Bertz CT molecular complexity index is 315. The fourth-order valence-electron chi connectivity index (χ4n) is 2.23. The molecule has 0 radical (unpaired) electrons. The van der Waals surface area contributed by atoms with Gasteiger partial charge in [-0.05, 0) is 41.0 Å². The van der Waals surface area contributed by atoms with Gasteiger partial charge in [-0.1, -0.05) is 6.92 Å². The van der Waals surface area contributed by atoms with E-state index in [1.807, 2.05) is 46.4 Å². The van der Waals surface area contributed by atoms with Gasteiger partial charge < -0.3 is 15.0 Å². The van der Waals surface area contributed by atoms with Gasteiger partial charge in [0.1, 0.15) is 5.60 Å². The van der Waals surface area contributed by atoms with Crippen LogP contribution in [-0.4, -0.2) is 52.8 Å². The van der Waals surface area contributed by atoms with Gasteiger partial charge in [0.05, 0.1) is 0 Å². The predicted octanol–water partition coefficient (Wildman–Crippen LogP) is 3.12. The summed E-state index contributed by atoms with van der Waals surface area (Å²) < 4.78 is 5.46. The van der Waals surface area contributed by atoms with Crippen LogP contribution in [0.2, 0.25) is 0 Å². The molecular formula is C15H30N2O2S. The lowest BCUT2D eigenvalue weighted by molar-refractivity contribution is 0.0192. The van der Waals surface area contributed by atoms with Crippen molar-refractivity contribution < 1.29 is 9.53 Å². The van der Waals surface area contributed by atoms with Gasteiger partial charge in [-0.25, -0.2) is 4.79 Å². The molecule has 1 saturated heterocycles. The van der Waals surface area contributed by atoms with Crippen LogP contribution in [0.1, 0.15) is 48.0 Å². The van der Waals surface area contributed by atoms with Gasteiger partial charge in [-0.3, -0.25) is 0 Å². The molecule has 20 heavy (non-hydrogen) atoms. The number of hydrogen-bond acceptors (Lipinski definition) is 4. The molecule has 0 saturated carbocycles. The second-order valence-electron chi connectivity index (χ2n) is 6.80. The minimum atomic E-state index is -0.435. The zero-order valence-corrected chi connectivity index (χ0v) is 14.5. The first-order valence-electron chi connectivity index (χ1n) is 7.53. The number of hydrogen-bond donors (Lipinski definition) is 1. The monoisotopic (exact) mass is 302 g/mol. The molecular weight excluding hydrogens is 272 g/mol. The summed E-state index contributed by atoms with van der Waals surface area (Å²) in [6, 6.07) is 0.742. The van der Waals surface area contributed by atoms with E-state index < -0.39 is 5.60 Å². The van der Waals surface area contributed by atoms with E-state index in [-0.39, 0.29) is 12.1 Å². The van der Waals surface area contributed by atoms with Crippen LogP contribution in [0, 0.1) is 0 Å². The molecule has 5 heteroatoms. The maximum atomic E-state index is 12.2. The summed E-state index contributed by atoms with van der Waals surface area (Å²) in [7, 11) is 0. The SMILES string of the molecule is CC1CC(NCCN(C(=O)OC(C)(C)C)C(C)C)CS1. The average Bonchev–Trinajstić information content (AvgIpc) is 2.67. The molecule has 0 spiro atoms. The highest BCUT2D eigenvalue weighted by molar-refractivity contribution is 8.00. The molecule has 4 nitrogen and oxygen atoms in total. The Balaban J connectivity index is 2.37. The van der Waals surface area contributed by atoms with Crippen molar-refractivity contribution in [2.45, 2.75) is 70.9 Å². The minimum Gasteiger partial charge on any atom is -0.444 e. The summed E-state index contributed by atoms with van der Waals surface area (Å²) in [6.07, 6.45) is 1.00. The molecule has 1 rings (SSSR count). The Morgan fingerprint density at radius 2 is 2.10 bits per heavy atom. The number of thioether (sulfide) groups is 1. The van der Waals surface area contributed by atoms with Crippen LogP contribution in [0.25, 0.3) is 0 Å². The Hall–Kier alpha value is -0.420. The summed E-state index contributed by atoms with van der Waals surface area (Å²) in [5.74, 6) is 1.18. The summed E-state index contributed by atoms with van der Waals surface area (Å²) in [6.45, 7) is 13.6. The Morgan fingerprint density at radius 1 is 1.45 bits per heavy atom. The number of carbonyl (C=O) groups is 1. The fraction of sp³-hybridized carbons (Fsp3) is 0.933. The van der Waals surface area contributed by atoms with E-state index in [4.69, 9.17) is 4.74 Å². The molecule has 0 aromatic rings. The number of amides is 1. The highest BCUT2D eigenvalue weighted by Crippen LogP contribution is 2.25. The van der Waals surface area contributed by atoms with Crippen molar-refractivity contribution in [2.75, 3.05) is 18.8 Å². The van der Waals surface area contributed by atoms with E-state index in [9.17, 15) is 4.79 Å². The Labute approximate surface area is 128 Å². The molecule has 0 bridgehead atoms. The molecule has 1 amide bonds. The van der Waals surface area contributed by atoms with Gasteiger partial charge >= 0.3 is 6.09 Å². The Morgan fingerprint density at radius 3 is 2.55 bits per heavy atom. The molecule has 0 aromatic heterocycles. The first-order chi connectivity index (χ1) is 9.19. The van der Waals surface area contributed by atoms with Crippen molar-refractivity contribution in [1.29, 1.82) is 0 Å². The van der Waals surface area contributed by atoms with Crippen LogP contribution >= 0.6 is 11.8 Å². The third kappa shape index (κ3) is 6.35. The second kappa shape index (κ2) is 7.55. The van der Waals surface area contributed by atoms with E-state index >= 15 is 0 Å². The molecule has 1 aliphatic heterocycles. The smallest absolute Gasteiger partial charge is 0.410 e. The maximum Gasteiger partial charge on any atom is 0.410 e. The first kappa shape index (κ1) is 17.6. The molecule has 2 atom stereocenters. The van der Waals surface area contributed by atoms with Crippen LogP contribution in [0.4, 0.5) is 4.79 Å². The zero-order chi connectivity index (χ0) is 15.3. The number of nitrogens with one attached hydrogen (secondary N) is 1. The topological polar surface area (TPSA) is 41.6 Å². The molecule has 2 unspecified atom stereocenters. The summed E-state index contributed by atoms with van der Waals surface area (Å²) >= 11 is 2.02. The quantitative estimate of drug-likeness (QED) is 0.847. The molecule has 1 aliphatic rings. The summed E-state index contributed by atoms with van der Waals surface area (Å²) in [5, 5.41) is 4.29. The van der Waals surface area contributed by atoms with Crippen molar-refractivity contribution in [3.05, 3.63) is 0 Å². The predicted molar refractivity (Wildman–Crippen MR) is 86.4 cm³/mol. The van der Waals surface area contributed by atoms with Gasteiger partial charge in [-0.15, -0.1) is 0 Å². The van der Waals surface area contributed by atoms with Crippen LogP contribution in [-0.2, 0) is 4.74 Å². The van der Waals surface area contributed by atoms with Gasteiger partial charge in [0.15, 0.2) is 0 Å². The standard InChI is InChI=1S/C15H30N2O2S/c1-11(2)17(14(18)19-15(4,5)6)8-7-16-13-9-12(3)20-10-13/h11-13,16H,7-10H2,1-6H3. The molecule has 1 fully saturated rings. The summed E-state index contributed by atoms with van der Waals surface area (Å²) in [4.78, 5) is 13.9. The lowest BCUT2D eigenvalue weighted by atomic mass is 10.2. The number of ether oxygens (including phenoxy) is 1. The van der Waals surface area contributed by atoms with Crippen molar-refractivity contribution in [3.63, 3.8) is 0 Å². The molecule has 0 aliphatic carbocycles. The van der Waals surface area contributed by atoms with Gasteiger partial charge in [-0.2, -0.15) is 11.8 Å². The van der Waals surface area contributed by atoms with Crippen LogP contribution < -0.4 is 5.32 Å². The third-order valence-electron chi connectivity index (χ3n) is 3.24. The van der Waals surface area contributed by atoms with Gasteiger partial charge in [0.25, 0.3) is 0 Å². The van der Waals surface area contributed by atoms with Crippen molar-refractivity contribution >= 4 is 17.9 Å². The molecule has 0 aromatic carbocycles. The lowest BCUT2D eigenvalue weighted by Crippen LogP contribution is -2.45. The van der Waals surface area contributed by atoms with Crippen molar-refractivity contribution in [1.82, 2.24) is 10.2 Å². The Kier molecular flexibility index (Phi) is 6.65. The number of nitrogens with zero attached hydrogens (tertiary/aromatic N) is 1. The largest absolute Gasteiger partial charge is 0.444 e. The minimum absolute atomic E-state index is 0.156. The number of rotatable bonds is 5. The zero-order valence-electron chi connectivity index (χ0n) is 13.7. The third-order valence-corrected chi connectivity index (χ3v) is 4.59. The van der Waals surface area contributed by atoms with Crippen molar-refractivity contribution in [3.8, 4) is 0 Å². The van der Waals surface area contributed by atoms with E-state index in [1.54, 1.807) is 4.90 Å². The molecule has 1 heterocycles. The summed E-state index contributed by atoms with van der Waals surface area (Å²) in [5.41, 5.74) is -0.435. The highest BCUT2D eigenvalue weighted by Gasteiger charge is 2.25. The number of carbonyl (C=O) groups excluding carboxylic acids is 1. The van der Waals surface area contributed by atoms with E-state index in [0.29, 0.717) is 12.6 Å². The van der Waals surface area contributed by atoms with E-state index in [2.05, 4.69) is 12.2 Å². The van der Waals surface area contributed by atoms with Crippen LogP contribution in [0.3, 0.4) is 0 Å². The molecule has 118 valence electrons. The fourth-order valence-corrected chi connectivity index (χ4v) is 3.41. The van der Waals surface area contributed by atoms with Gasteiger partial charge in [0.2, 0.25) is 0 Å². The first-order valence-corrected chi connectivity index (χ1v) is 8.58.